The van der Waals surface area contributed by atoms with Crippen LogP contribution in [-0.2, 0) is 23.8 Å². The molecular weight excluding hydrogens is 470 g/mol. The molecule has 0 spiro atoms. The fourth-order valence-electron chi connectivity index (χ4n) is 4.81. The SMILES string of the molecule is CNC(=O)[C@H](NCC[C@@H](c1ccc(C(F)(F)F)nc1)c1ccc2c(c1)CCCC2)c1ccc(F)cc1. The van der Waals surface area contributed by atoms with Gasteiger partial charge in [0.25, 0.3) is 0 Å². The van der Waals surface area contributed by atoms with Gasteiger partial charge >= 0.3 is 6.18 Å². The number of halogens is 4. The lowest BCUT2D eigenvalue weighted by molar-refractivity contribution is -0.141. The molecule has 0 radical (unpaired) electrons. The van der Waals surface area contributed by atoms with Gasteiger partial charge in [-0.3, -0.25) is 9.78 Å². The van der Waals surface area contributed by atoms with Crippen molar-refractivity contribution >= 4 is 5.91 Å². The highest BCUT2D eigenvalue weighted by molar-refractivity contribution is 5.82. The second-order valence-electron chi connectivity index (χ2n) is 9.10. The monoisotopic (exact) mass is 499 g/mol. The van der Waals surface area contributed by atoms with Gasteiger partial charge < -0.3 is 10.6 Å². The molecule has 0 aliphatic heterocycles. The molecule has 4 rings (SSSR count). The molecule has 36 heavy (non-hydrogen) atoms. The Balaban J connectivity index is 1.58. The van der Waals surface area contributed by atoms with E-state index in [9.17, 15) is 22.4 Å². The number of nitrogens with zero attached hydrogens (tertiary/aromatic N) is 1. The number of amides is 1. The number of benzene rings is 2. The lowest BCUT2D eigenvalue weighted by Gasteiger charge is -2.24. The topological polar surface area (TPSA) is 54.0 Å². The standard InChI is InChI=1S/C28H29F4N3O/c1-33-27(36)26(19-8-11-23(29)12-9-19)34-15-14-24(22-10-13-25(35-17-22)28(30,31)32)21-7-6-18-4-2-3-5-20(18)16-21/h6-13,16-17,24,26,34H,2-5,14-15H2,1H3,(H,33,36)/t24-,26-/m1/s1. The molecule has 2 aromatic carbocycles. The van der Waals surface area contributed by atoms with Crippen LogP contribution in [0.5, 0.6) is 0 Å². The van der Waals surface area contributed by atoms with Crippen molar-refractivity contribution in [3.63, 3.8) is 0 Å². The summed E-state index contributed by atoms with van der Waals surface area (Å²) in [5.74, 6) is -0.863. The van der Waals surface area contributed by atoms with Crippen LogP contribution in [0.25, 0.3) is 0 Å². The van der Waals surface area contributed by atoms with Gasteiger partial charge in [-0.05, 0) is 84.7 Å². The summed E-state index contributed by atoms with van der Waals surface area (Å²) in [4.78, 5) is 16.2. The molecular formula is C28H29F4N3O. The zero-order valence-corrected chi connectivity index (χ0v) is 20.0. The maximum Gasteiger partial charge on any atom is 0.433 e. The van der Waals surface area contributed by atoms with Gasteiger partial charge in [-0.1, -0.05) is 36.4 Å². The van der Waals surface area contributed by atoms with Crippen LogP contribution >= 0.6 is 0 Å². The van der Waals surface area contributed by atoms with Crippen LogP contribution in [0.3, 0.4) is 0 Å². The number of nitrogens with one attached hydrogen (secondary N) is 2. The molecule has 1 aliphatic rings. The van der Waals surface area contributed by atoms with Gasteiger partial charge in [-0.2, -0.15) is 13.2 Å². The smallest absolute Gasteiger partial charge is 0.358 e. The number of alkyl halides is 3. The molecule has 0 saturated carbocycles. The highest BCUT2D eigenvalue weighted by Crippen LogP contribution is 2.33. The Hall–Kier alpha value is -3.26. The first-order valence-corrected chi connectivity index (χ1v) is 12.1. The first-order chi connectivity index (χ1) is 17.3. The van der Waals surface area contributed by atoms with E-state index in [1.54, 1.807) is 12.1 Å². The van der Waals surface area contributed by atoms with E-state index in [1.165, 1.54) is 42.6 Å². The number of hydrogen-bond donors (Lipinski definition) is 2. The number of rotatable bonds is 8. The summed E-state index contributed by atoms with van der Waals surface area (Å²) in [6.07, 6.45) is 1.63. The molecule has 190 valence electrons. The van der Waals surface area contributed by atoms with Crippen LogP contribution in [0.2, 0.25) is 0 Å². The second-order valence-corrected chi connectivity index (χ2v) is 9.10. The first-order valence-electron chi connectivity index (χ1n) is 12.1. The van der Waals surface area contributed by atoms with Crippen molar-refractivity contribution in [2.24, 2.45) is 0 Å². The van der Waals surface area contributed by atoms with E-state index in [-0.39, 0.29) is 11.8 Å². The Labute approximate surface area is 208 Å². The summed E-state index contributed by atoms with van der Waals surface area (Å²) >= 11 is 0. The molecule has 8 heteroatoms. The van der Waals surface area contributed by atoms with E-state index in [0.29, 0.717) is 24.1 Å². The molecule has 1 aromatic heterocycles. The molecule has 2 N–H and O–H groups in total. The number of aryl methyl sites for hydroxylation is 2. The molecule has 1 amide bonds. The van der Waals surface area contributed by atoms with Gasteiger partial charge in [0.1, 0.15) is 17.6 Å². The Kier molecular flexibility index (Phi) is 8.04. The van der Waals surface area contributed by atoms with Gasteiger partial charge in [0, 0.05) is 19.2 Å². The van der Waals surface area contributed by atoms with Gasteiger partial charge in [0.2, 0.25) is 5.91 Å². The van der Waals surface area contributed by atoms with E-state index in [4.69, 9.17) is 0 Å². The highest BCUT2D eigenvalue weighted by Gasteiger charge is 2.32. The number of fused-ring (bicyclic) bond motifs is 1. The number of likely N-dealkylation sites (N-methyl/N-ethyl adjacent to an activating group) is 1. The van der Waals surface area contributed by atoms with Crippen LogP contribution in [0, 0.1) is 5.82 Å². The molecule has 1 heterocycles. The van der Waals surface area contributed by atoms with E-state index >= 15 is 0 Å². The number of carbonyl (C=O) groups is 1. The molecule has 1 aliphatic carbocycles. The van der Waals surface area contributed by atoms with Crippen molar-refractivity contribution in [1.82, 2.24) is 15.6 Å². The third-order valence-electron chi connectivity index (χ3n) is 6.75. The van der Waals surface area contributed by atoms with E-state index in [2.05, 4.69) is 27.8 Å². The summed E-state index contributed by atoms with van der Waals surface area (Å²) in [7, 11) is 1.53. The Morgan fingerprint density at radius 1 is 0.944 bits per heavy atom. The van der Waals surface area contributed by atoms with Crippen molar-refractivity contribution < 1.29 is 22.4 Å². The molecule has 3 aromatic rings. The fourth-order valence-corrected chi connectivity index (χ4v) is 4.81. The van der Waals surface area contributed by atoms with E-state index < -0.39 is 23.7 Å². The van der Waals surface area contributed by atoms with E-state index in [0.717, 1.165) is 37.3 Å². The molecule has 0 saturated heterocycles. The van der Waals surface area contributed by atoms with Crippen LogP contribution < -0.4 is 10.6 Å². The third kappa shape index (κ3) is 6.10. The van der Waals surface area contributed by atoms with Crippen molar-refractivity contribution in [2.75, 3.05) is 13.6 Å². The zero-order valence-electron chi connectivity index (χ0n) is 20.0. The molecule has 0 fully saturated rings. The summed E-state index contributed by atoms with van der Waals surface area (Å²) in [5.41, 5.74) is 3.99. The van der Waals surface area contributed by atoms with E-state index in [1.807, 2.05) is 6.07 Å². The molecule has 0 bridgehead atoms. The summed E-state index contributed by atoms with van der Waals surface area (Å²) in [5, 5.41) is 5.86. The predicted octanol–water partition coefficient (Wildman–Crippen LogP) is 5.72. The van der Waals surface area contributed by atoms with Crippen molar-refractivity contribution in [3.05, 3.63) is 100 Å². The Morgan fingerprint density at radius 2 is 1.61 bits per heavy atom. The van der Waals surface area contributed by atoms with Crippen molar-refractivity contribution in [1.29, 1.82) is 0 Å². The minimum Gasteiger partial charge on any atom is -0.358 e. The average molecular weight is 500 g/mol. The molecule has 2 atom stereocenters. The Morgan fingerprint density at radius 3 is 2.25 bits per heavy atom. The number of pyridine rings is 1. The minimum absolute atomic E-state index is 0.210. The largest absolute Gasteiger partial charge is 0.433 e. The number of aromatic nitrogens is 1. The minimum atomic E-state index is -4.50. The average Bonchev–Trinajstić information content (AvgIpc) is 2.88. The zero-order chi connectivity index (χ0) is 25.7. The van der Waals surface area contributed by atoms with Crippen molar-refractivity contribution in [3.8, 4) is 0 Å². The first kappa shape index (κ1) is 25.8. The molecule has 0 unspecified atom stereocenters. The maximum absolute atomic E-state index is 13.4. The van der Waals surface area contributed by atoms with Crippen LogP contribution in [0.15, 0.2) is 60.8 Å². The normalized spacial score (nSPS) is 15.1. The van der Waals surface area contributed by atoms with Gasteiger partial charge in [-0.15, -0.1) is 0 Å². The van der Waals surface area contributed by atoms with Crippen LogP contribution in [-0.4, -0.2) is 24.5 Å². The Bertz CT molecular complexity index is 1180. The van der Waals surface area contributed by atoms with Crippen LogP contribution in [0.1, 0.15) is 64.7 Å². The number of hydrogen-bond acceptors (Lipinski definition) is 3. The van der Waals surface area contributed by atoms with Gasteiger partial charge in [0.05, 0.1) is 0 Å². The van der Waals surface area contributed by atoms with Crippen LogP contribution in [0.4, 0.5) is 17.6 Å². The summed E-state index contributed by atoms with van der Waals surface area (Å²) in [6, 6.07) is 13.9. The van der Waals surface area contributed by atoms with Crippen molar-refractivity contribution in [2.45, 2.75) is 50.2 Å². The summed E-state index contributed by atoms with van der Waals surface area (Å²) in [6.45, 7) is 0.401. The maximum atomic E-state index is 13.4. The lowest BCUT2D eigenvalue weighted by atomic mass is 9.84. The lowest BCUT2D eigenvalue weighted by Crippen LogP contribution is -2.36. The van der Waals surface area contributed by atoms with Gasteiger partial charge in [-0.25, -0.2) is 4.39 Å². The third-order valence-corrected chi connectivity index (χ3v) is 6.75. The number of carbonyl (C=O) groups excluding carboxylic acids is 1. The second kappa shape index (κ2) is 11.2. The highest BCUT2D eigenvalue weighted by atomic mass is 19.4. The quantitative estimate of drug-likeness (QED) is 0.390. The molecule has 4 nitrogen and oxygen atoms in total. The summed E-state index contributed by atoms with van der Waals surface area (Å²) < 4.78 is 52.6. The fraction of sp³-hybridized carbons (Fsp3) is 0.357. The predicted molar refractivity (Wildman–Crippen MR) is 130 cm³/mol. The van der Waals surface area contributed by atoms with Gasteiger partial charge in [0.15, 0.2) is 0 Å².